The average molecular weight is 375 g/mol. The Kier molecular flexibility index (Phi) is 3.82. The van der Waals surface area contributed by atoms with Gasteiger partial charge in [0.25, 0.3) is 5.91 Å². The number of benzene rings is 2. The minimum absolute atomic E-state index is 0.0526. The van der Waals surface area contributed by atoms with Crippen LogP contribution in [-0.4, -0.2) is 25.8 Å². The molecule has 8 nitrogen and oxygen atoms in total. The van der Waals surface area contributed by atoms with Gasteiger partial charge in [-0.3, -0.25) is 19.0 Å². The van der Waals surface area contributed by atoms with Gasteiger partial charge in [0.05, 0.1) is 6.04 Å². The molecular weight excluding hydrogens is 358 g/mol. The van der Waals surface area contributed by atoms with Gasteiger partial charge >= 0.3 is 5.76 Å². The van der Waals surface area contributed by atoms with Crippen molar-refractivity contribution in [2.24, 2.45) is 0 Å². The third-order valence-corrected chi connectivity index (χ3v) is 5.08. The lowest BCUT2D eigenvalue weighted by molar-refractivity contribution is 0.0928. The summed E-state index contributed by atoms with van der Waals surface area (Å²) in [6, 6.07) is 14.1. The summed E-state index contributed by atoms with van der Waals surface area (Å²) < 4.78 is 5.99. The van der Waals surface area contributed by atoms with Crippen LogP contribution in [0.4, 0.5) is 0 Å². The van der Waals surface area contributed by atoms with Crippen molar-refractivity contribution in [1.82, 2.24) is 25.2 Å². The predicted octanol–water partition coefficient (Wildman–Crippen LogP) is 2.18. The lowest BCUT2D eigenvalue weighted by Gasteiger charge is -2.26. The van der Waals surface area contributed by atoms with Crippen LogP contribution in [0.3, 0.4) is 0 Å². The number of carbonyl (C=O) groups is 1. The molecule has 2 aromatic heterocycles. The van der Waals surface area contributed by atoms with Gasteiger partial charge in [-0.05, 0) is 40.8 Å². The van der Waals surface area contributed by atoms with Gasteiger partial charge in [0.1, 0.15) is 12.2 Å². The summed E-state index contributed by atoms with van der Waals surface area (Å²) >= 11 is 0. The predicted molar refractivity (Wildman–Crippen MR) is 101 cm³/mol. The lowest BCUT2D eigenvalue weighted by atomic mass is 9.85. The second kappa shape index (κ2) is 6.49. The molecule has 1 atom stereocenters. The van der Waals surface area contributed by atoms with Crippen molar-refractivity contribution in [3.63, 3.8) is 0 Å². The molecule has 2 N–H and O–H groups in total. The minimum atomic E-state index is -0.619. The Hall–Kier alpha value is -3.68. The summed E-state index contributed by atoms with van der Waals surface area (Å²) in [6.45, 7) is 0.217. The van der Waals surface area contributed by atoms with Crippen molar-refractivity contribution >= 4 is 16.7 Å². The molecule has 0 fully saturated rings. The van der Waals surface area contributed by atoms with Crippen LogP contribution in [0, 0.1) is 0 Å². The van der Waals surface area contributed by atoms with E-state index in [1.54, 1.807) is 12.3 Å². The number of hydrogen-bond acceptors (Lipinski definition) is 5. The summed E-state index contributed by atoms with van der Waals surface area (Å²) in [4.78, 5) is 26.2. The van der Waals surface area contributed by atoms with Crippen molar-refractivity contribution in [1.29, 1.82) is 0 Å². The summed E-state index contributed by atoms with van der Waals surface area (Å²) in [5, 5.41) is 13.4. The van der Waals surface area contributed by atoms with E-state index in [-0.39, 0.29) is 18.5 Å². The molecule has 1 unspecified atom stereocenters. The van der Waals surface area contributed by atoms with Crippen LogP contribution in [0.1, 0.15) is 39.9 Å². The van der Waals surface area contributed by atoms with Gasteiger partial charge in [-0.15, -0.1) is 0 Å². The van der Waals surface area contributed by atoms with E-state index in [0.29, 0.717) is 11.5 Å². The van der Waals surface area contributed by atoms with E-state index >= 15 is 0 Å². The fourth-order valence-corrected chi connectivity index (χ4v) is 3.84. The topological polar surface area (TPSA) is 106 Å². The van der Waals surface area contributed by atoms with Crippen LogP contribution < -0.4 is 11.1 Å². The van der Waals surface area contributed by atoms with Crippen LogP contribution in [0.15, 0.2) is 58.0 Å². The molecule has 0 saturated carbocycles. The first-order valence-electron chi connectivity index (χ1n) is 9.07. The third kappa shape index (κ3) is 2.88. The van der Waals surface area contributed by atoms with Crippen molar-refractivity contribution in [3.05, 3.63) is 81.9 Å². The molecule has 8 heteroatoms. The maximum Gasteiger partial charge on any atom is 0.438 e. The SMILES string of the molecule is O=C(NC1CCc2cccc3cccc1c23)c1ccn(Cc2noc(=O)[nH]2)n1. The van der Waals surface area contributed by atoms with Gasteiger partial charge in [-0.1, -0.05) is 41.6 Å². The number of aromatic amines is 1. The van der Waals surface area contributed by atoms with E-state index in [4.69, 9.17) is 0 Å². The highest BCUT2D eigenvalue weighted by atomic mass is 16.5. The summed E-state index contributed by atoms with van der Waals surface area (Å²) in [7, 11) is 0. The smallest absolute Gasteiger partial charge is 0.344 e. The van der Waals surface area contributed by atoms with Crippen LogP contribution >= 0.6 is 0 Å². The largest absolute Gasteiger partial charge is 0.438 e. The normalized spacial score (nSPS) is 15.6. The lowest BCUT2D eigenvalue weighted by Crippen LogP contribution is -2.31. The standard InChI is InChI=1S/C20H17N5O3/c26-19(16-9-10-25(23-16)11-17-22-20(27)28-24-17)21-15-8-7-13-4-1-3-12-5-2-6-14(15)18(12)13/h1-6,9-10,15H,7-8,11H2,(H,21,26)(H,22,24,27). The van der Waals surface area contributed by atoms with Gasteiger partial charge in [-0.2, -0.15) is 5.10 Å². The second-order valence-electron chi connectivity index (χ2n) is 6.87. The van der Waals surface area contributed by atoms with Crippen LogP contribution in [0.5, 0.6) is 0 Å². The van der Waals surface area contributed by atoms with E-state index in [1.165, 1.54) is 21.0 Å². The summed E-state index contributed by atoms with van der Waals surface area (Å²) in [5.74, 6) is -0.503. The Morgan fingerprint density at radius 3 is 2.93 bits per heavy atom. The monoisotopic (exact) mass is 375 g/mol. The highest BCUT2D eigenvalue weighted by molar-refractivity contribution is 5.94. The summed E-state index contributed by atoms with van der Waals surface area (Å²) in [6.07, 6.45) is 3.44. The molecule has 28 heavy (non-hydrogen) atoms. The maximum absolute atomic E-state index is 12.7. The number of nitrogens with zero attached hydrogens (tertiary/aromatic N) is 3. The molecule has 5 rings (SSSR count). The summed E-state index contributed by atoms with van der Waals surface area (Å²) in [5.41, 5.74) is 2.79. The van der Waals surface area contributed by atoms with Gasteiger partial charge in [0.2, 0.25) is 0 Å². The van der Waals surface area contributed by atoms with E-state index in [2.05, 4.69) is 55.4 Å². The molecule has 1 aliphatic rings. The number of aryl methyl sites for hydroxylation is 1. The zero-order valence-electron chi connectivity index (χ0n) is 14.9. The number of aromatic nitrogens is 4. The van der Waals surface area contributed by atoms with E-state index < -0.39 is 5.76 Å². The minimum Gasteiger partial charge on any atom is -0.344 e. The molecule has 0 radical (unpaired) electrons. The number of rotatable bonds is 4. The third-order valence-electron chi connectivity index (χ3n) is 5.08. The van der Waals surface area contributed by atoms with E-state index in [9.17, 15) is 9.59 Å². The number of H-pyrrole nitrogens is 1. The Balaban J connectivity index is 1.36. The number of nitrogens with one attached hydrogen (secondary N) is 2. The Morgan fingerprint density at radius 2 is 2.11 bits per heavy atom. The first kappa shape index (κ1) is 16.5. The van der Waals surface area contributed by atoms with Crippen LogP contribution in [0.2, 0.25) is 0 Å². The molecule has 2 aromatic carbocycles. The Morgan fingerprint density at radius 1 is 1.25 bits per heavy atom. The fourth-order valence-electron chi connectivity index (χ4n) is 3.84. The molecule has 140 valence electrons. The molecular formula is C20H17N5O3. The number of hydrogen-bond donors (Lipinski definition) is 2. The zero-order chi connectivity index (χ0) is 19.1. The van der Waals surface area contributed by atoms with Gasteiger partial charge < -0.3 is 5.32 Å². The molecule has 0 bridgehead atoms. The van der Waals surface area contributed by atoms with E-state index in [1.807, 2.05) is 6.07 Å². The van der Waals surface area contributed by atoms with E-state index in [0.717, 1.165) is 18.4 Å². The first-order valence-corrected chi connectivity index (χ1v) is 9.07. The van der Waals surface area contributed by atoms with Crippen molar-refractivity contribution in [2.45, 2.75) is 25.4 Å². The highest BCUT2D eigenvalue weighted by Crippen LogP contribution is 2.35. The molecule has 0 spiro atoms. The van der Waals surface area contributed by atoms with Crippen LogP contribution in [-0.2, 0) is 13.0 Å². The zero-order valence-corrected chi connectivity index (χ0v) is 14.9. The average Bonchev–Trinajstić information content (AvgIpc) is 3.33. The Labute approximate surface area is 159 Å². The molecule has 4 aromatic rings. The molecule has 0 saturated heterocycles. The van der Waals surface area contributed by atoms with Crippen molar-refractivity contribution < 1.29 is 9.32 Å². The quantitative estimate of drug-likeness (QED) is 0.569. The fraction of sp³-hybridized carbons (Fsp3) is 0.200. The van der Waals surface area contributed by atoms with Crippen LogP contribution in [0.25, 0.3) is 10.8 Å². The van der Waals surface area contributed by atoms with Crippen molar-refractivity contribution in [3.8, 4) is 0 Å². The van der Waals surface area contributed by atoms with Crippen molar-refractivity contribution in [2.75, 3.05) is 0 Å². The molecule has 0 aliphatic heterocycles. The number of carbonyl (C=O) groups excluding carboxylic acids is 1. The maximum atomic E-state index is 12.7. The Bertz CT molecular complexity index is 1230. The van der Waals surface area contributed by atoms with Gasteiger partial charge in [-0.25, -0.2) is 4.79 Å². The second-order valence-corrected chi connectivity index (χ2v) is 6.87. The van der Waals surface area contributed by atoms with Gasteiger partial charge in [0, 0.05) is 6.20 Å². The molecule has 2 heterocycles. The highest BCUT2D eigenvalue weighted by Gasteiger charge is 2.24. The molecule has 1 aliphatic carbocycles. The van der Waals surface area contributed by atoms with Gasteiger partial charge in [0.15, 0.2) is 5.82 Å². The number of amides is 1. The first-order chi connectivity index (χ1) is 13.7. The molecule has 1 amide bonds.